The van der Waals surface area contributed by atoms with E-state index in [1.165, 1.54) is 11.3 Å². The maximum absolute atomic E-state index is 12.3. The van der Waals surface area contributed by atoms with Crippen LogP contribution in [0.25, 0.3) is 0 Å². The fourth-order valence-electron chi connectivity index (χ4n) is 2.84. The Morgan fingerprint density at radius 1 is 1.48 bits per heavy atom. The molecule has 0 atom stereocenters. The summed E-state index contributed by atoms with van der Waals surface area (Å²) in [6, 6.07) is 5.33. The predicted molar refractivity (Wildman–Crippen MR) is 101 cm³/mol. The van der Waals surface area contributed by atoms with Crippen molar-refractivity contribution in [1.82, 2.24) is 4.98 Å². The van der Waals surface area contributed by atoms with Crippen LogP contribution in [0, 0.1) is 10.9 Å². The third-order valence-electron chi connectivity index (χ3n) is 4.07. The quantitative estimate of drug-likeness (QED) is 0.783. The van der Waals surface area contributed by atoms with Crippen molar-refractivity contribution in [3.05, 3.63) is 32.7 Å². The third-order valence-corrected chi connectivity index (χ3v) is 5.41. The molecule has 1 aromatic carbocycles. The highest BCUT2D eigenvalue weighted by atomic mass is 32.1. The average molecular weight is 377 g/mol. The van der Waals surface area contributed by atoms with Gasteiger partial charge < -0.3 is 19.9 Å². The van der Waals surface area contributed by atoms with E-state index in [9.17, 15) is 9.59 Å². The van der Waals surface area contributed by atoms with Gasteiger partial charge in [0.2, 0.25) is 11.8 Å². The lowest BCUT2D eigenvalue weighted by atomic mass is 10.2. The number of amides is 2. The number of aromatic nitrogens is 1. The largest absolute Gasteiger partial charge is 0.494 e. The Balaban J connectivity index is 1.74. The summed E-state index contributed by atoms with van der Waals surface area (Å²) < 4.78 is 6.08. The molecular weight excluding hydrogens is 358 g/mol. The van der Waals surface area contributed by atoms with Crippen LogP contribution < -0.4 is 15.0 Å². The second kappa shape index (κ2) is 7.37. The first-order valence-corrected chi connectivity index (χ1v) is 9.17. The van der Waals surface area contributed by atoms with Gasteiger partial charge in [-0.2, -0.15) is 0 Å². The van der Waals surface area contributed by atoms with Crippen LogP contribution >= 0.6 is 23.6 Å². The van der Waals surface area contributed by atoms with Crippen molar-refractivity contribution in [1.29, 1.82) is 0 Å². The summed E-state index contributed by atoms with van der Waals surface area (Å²) in [6.45, 7) is 2.60. The van der Waals surface area contributed by atoms with E-state index in [0.717, 1.165) is 22.7 Å². The van der Waals surface area contributed by atoms with Gasteiger partial charge in [0.15, 0.2) is 3.95 Å². The minimum absolute atomic E-state index is 0.0965. The Morgan fingerprint density at radius 3 is 2.88 bits per heavy atom. The summed E-state index contributed by atoms with van der Waals surface area (Å²) in [6.07, 6.45) is 1.67. The maximum Gasteiger partial charge on any atom is 0.229 e. The summed E-state index contributed by atoms with van der Waals surface area (Å²) in [7, 11) is 1.56. The lowest BCUT2D eigenvalue weighted by molar-refractivity contribution is -0.117. The average Bonchev–Trinajstić information content (AvgIpc) is 3.12. The number of carbonyl (C=O) groups is 2. The number of aryl methyl sites for hydroxylation is 1. The fourth-order valence-corrected chi connectivity index (χ4v) is 4.13. The number of rotatable bonds is 5. The molecule has 1 aromatic heterocycles. The molecule has 0 aliphatic carbocycles. The minimum atomic E-state index is -0.125. The predicted octanol–water partition coefficient (Wildman–Crippen LogP) is 3.43. The van der Waals surface area contributed by atoms with E-state index >= 15 is 0 Å². The molecule has 0 saturated carbocycles. The van der Waals surface area contributed by atoms with Crippen molar-refractivity contribution < 1.29 is 14.3 Å². The number of anilines is 2. The molecule has 1 aliphatic heterocycles. The van der Waals surface area contributed by atoms with Crippen LogP contribution in [0.5, 0.6) is 5.75 Å². The van der Waals surface area contributed by atoms with Crippen LogP contribution in [0.15, 0.2) is 18.2 Å². The molecule has 2 N–H and O–H groups in total. The maximum atomic E-state index is 12.3. The van der Waals surface area contributed by atoms with Crippen LogP contribution in [0.2, 0.25) is 0 Å². The monoisotopic (exact) mass is 377 g/mol. The van der Waals surface area contributed by atoms with Gasteiger partial charge in [-0.1, -0.05) is 0 Å². The fraction of sp³-hybridized carbons (Fsp3) is 0.353. The van der Waals surface area contributed by atoms with E-state index in [1.807, 2.05) is 13.0 Å². The van der Waals surface area contributed by atoms with Gasteiger partial charge in [0.05, 0.1) is 19.2 Å². The van der Waals surface area contributed by atoms with Crippen molar-refractivity contribution >= 4 is 46.7 Å². The molecule has 0 bridgehead atoms. The molecule has 0 spiro atoms. The van der Waals surface area contributed by atoms with Crippen LogP contribution in [-0.2, 0) is 16.0 Å². The van der Waals surface area contributed by atoms with Crippen LogP contribution in [-0.4, -0.2) is 30.5 Å². The van der Waals surface area contributed by atoms with Crippen LogP contribution in [0.1, 0.15) is 23.4 Å². The van der Waals surface area contributed by atoms with E-state index in [4.69, 9.17) is 17.0 Å². The summed E-state index contributed by atoms with van der Waals surface area (Å²) >= 11 is 6.50. The van der Waals surface area contributed by atoms with Gasteiger partial charge in [0.25, 0.3) is 0 Å². The number of H-pyrrole nitrogens is 1. The molecular formula is C17H19N3O3S2. The smallest absolute Gasteiger partial charge is 0.229 e. The molecule has 0 unspecified atom stereocenters. The second-order valence-electron chi connectivity index (χ2n) is 5.82. The molecule has 1 fully saturated rings. The number of aromatic amines is 1. The number of benzene rings is 1. The molecule has 6 nitrogen and oxygen atoms in total. The molecule has 25 heavy (non-hydrogen) atoms. The number of nitrogens with one attached hydrogen (secondary N) is 2. The number of hydrogen-bond donors (Lipinski definition) is 2. The number of hydrogen-bond acceptors (Lipinski definition) is 5. The molecule has 2 amide bonds. The van der Waals surface area contributed by atoms with Crippen molar-refractivity contribution in [2.75, 3.05) is 23.9 Å². The SMILES string of the molecule is COc1cc(NC(=O)Cc2sc(=S)[nH]c2C)ccc1N1CCCC1=O. The van der Waals surface area contributed by atoms with Crippen molar-refractivity contribution in [3.8, 4) is 5.75 Å². The zero-order valence-electron chi connectivity index (χ0n) is 14.0. The van der Waals surface area contributed by atoms with E-state index in [2.05, 4.69) is 10.3 Å². The first kappa shape index (κ1) is 17.6. The number of methoxy groups -OCH3 is 1. The zero-order chi connectivity index (χ0) is 18.0. The van der Waals surface area contributed by atoms with Gasteiger partial charge in [0, 0.05) is 35.3 Å². The van der Waals surface area contributed by atoms with Crippen molar-refractivity contribution in [2.45, 2.75) is 26.2 Å². The van der Waals surface area contributed by atoms with E-state index < -0.39 is 0 Å². The highest BCUT2D eigenvalue weighted by Gasteiger charge is 2.24. The van der Waals surface area contributed by atoms with E-state index in [0.29, 0.717) is 28.4 Å². The Morgan fingerprint density at radius 2 is 2.28 bits per heavy atom. The first-order chi connectivity index (χ1) is 12.0. The molecule has 2 aromatic rings. The molecule has 2 heterocycles. The van der Waals surface area contributed by atoms with E-state index in [-0.39, 0.29) is 18.2 Å². The first-order valence-electron chi connectivity index (χ1n) is 7.95. The highest BCUT2D eigenvalue weighted by Crippen LogP contribution is 2.33. The summed E-state index contributed by atoms with van der Waals surface area (Å²) in [5, 5.41) is 2.87. The Kier molecular flexibility index (Phi) is 5.19. The minimum Gasteiger partial charge on any atom is -0.494 e. The van der Waals surface area contributed by atoms with Gasteiger partial charge in [-0.05, 0) is 37.7 Å². The van der Waals surface area contributed by atoms with Crippen LogP contribution in [0.3, 0.4) is 0 Å². The lowest BCUT2D eigenvalue weighted by Crippen LogP contribution is -2.24. The van der Waals surface area contributed by atoms with Gasteiger partial charge in [-0.3, -0.25) is 9.59 Å². The zero-order valence-corrected chi connectivity index (χ0v) is 15.7. The topological polar surface area (TPSA) is 74.4 Å². The van der Waals surface area contributed by atoms with E-state index in [1.54, 1.807) is 24.1 Å². The van der Waals surface area contributed by atoms with Gasteiger partial charge in [0.1, 0.15) is 5.75 Å². The standard InChI is InChI=1S/C17H19N3O3S2/c1-10-14(25-17(24)18-10)9-15(21)19-11-5-6-12(13(8-11)23-2)20-7-3-4-16(20)22/h5-6,8H,3-4,7,9H2,1-2H3,(H,18,24)(H,19,21). The van der Waals surface area contributed by atoms with Gasteiger partial charge in [-0.25, -0.2) is 0 Å². The summed E-state index contributed by atoms with van der Waals surface area (Å²) in [4.78, 5) is 29.9. The Labute approximate surface area is 154 Å². The van der Waals surface area contributed by atoms with Crippen molar-refractivity contribution in [3.63, 3.8) is 0 Å². The second-order valence-corrected chi connectivity index (χ2v) is 7.60. The number of thiazole rings is 1. The Hall–Kier alpha value is -2.19. The van der Waals surface area contributed by atoms with Gasteiger partial charge in [-0.15, -0.1) is 11.3 Å². The number of ether oxygens (including phenoxy) is 1. The molecule has 1 saturated heterocycles. The summed E-state index contributed by atoms with van der Waals surface area (Å²) in [5.41, 5.74) is 2.29. The molecule has 8 heteroatoms. The number of nitrogens with zero attached hydrogens (tertiary/aromatic N) is 1. The molecule has 1 aliphatic rings. The number of carbonyl (C=O) groups excluding carboxylic acids is 2. The third kappa shape index (κ3) is 3.91. The summed E-state index contributed by atoms with van der Waals surface area (Å²) in [5.74, 6) is 0.543. The van der Waals surface area contributed by atoms with Crippen molar-refractivity contribution in [2.24, 2.45) is 0 Å². The normalized spacial score (nSPS) is 14.0. The molecule has 3 rings (SSSR count). The Bertz CT molecular complexity index is 872. The molecule has 132 valence electrons. The van der Waals surface area contributed by atoms with Crippen LogP contribution in [0.4, 0.5) is 11.4 Å². The lowest BCUT2D eigenvalue weighted by Gasteiger charge is -2.19. The highest BCUT2D eigenvalue weighted by molar-refractivity contribution is 7.73. The van der Waals surface area contributed by atoms with Gasteiger partial charge >= 0.3 is 0 Å². The molecule has 0 radical (unpaired) electrons.